The van der Waals surface area contributed by atoms with Gasteiger partial charge < -0.3 is 5.32 Å². The molecule has 136 valence electrons. The van der Waals surface area contributed by atoms with Crippen LogP contribution in [0, 0.1) is 5.82 Å². The molecule has 0 amide bonds. The molecule has 1 saturated heterocycles. The van der Waals surface area contributed by atoms with Crippen LogP contribution in [0.5, 0.6) is 0 Å². The van der Waals surface area contributed by atoms with Crippen LogP contribution in [0.3, 0.4) is 0 Å². The largest absolute Gasteiger partial charge is 0.313 e. The summed E-state index contributed by atoms with van der Waals surface area (Å²) in [5.41, 5.74) is 1.21. The average molecular weight is 405 g/mol. The minimum absolute atomic E-state index is 0. The molecular formula is C17H19Cl2FN2O2S. The molecular weight excluding hydrogens is 386 g/mol. The number of rotatable bonds is 4. The Morgan fingerprint density at radius 1 is 1.20 bits per heavy atom. The van der Waals surface area contributed by atoms with Gasteiger partial charge in [0.15, 0.2) is 0 Å². The van der Waals surface area contributed by atoms with E-state index in [0.717, 1.165) is 0 Å². The van der Waals surface area contributed by atoms with Gasteiger partial charge in [-0.1, -0.05) is 41.9 Å². The topological polar surface area (TPSA) is 49.4 Å². The Balaban J connectivity index is 0.00000225. The first-order valence-corrected chi connectivity index (χ1v) is 9.65. The summed E-state index contributed by atoms with van der Waals surface area (Å²) in [5, 5.41) is 3.60. The Morgan fingerprint density at radius 3 is 2.68 bits per heavy atom. The van der Waals surface area contributed by atoms with Gasteiger partial charge in [-0.15, -0.1) is 12.4 Å². The number of sulfonamides is 1. The van der Waals surface area contributed by atoms with Crippen molar-refractivity contribution >= 4 is 34.0 Å². The maximum absolute atomic E-state index is 13.5. The Kier molecular flexibility index (Phi) is 6.82. The normalized spacial score (nSPS) is 18.6. The number of hydrogen-bond acceptors (Lipinski definition) is 3. The molecule has 1 N–H and O–H groups in total. The van der Waals surface area contributed by atoms with E-state index in [0.29, 0.717) is 35.8 Å². The van der Waals surface area contributed by atoms with E-state index in [1.807, 2.05) is 0 Å². The molecule has 0 saturated carbocycles. The number of nitrogens with zero attached hydrogens (tertiary/aromatic N) is 1. The summed E-state index contributed by atoms with van der Waals surface area (Å²) in [5.74, 6) is -0.542. The maximum atomic E-state index is 13.5. The molecule has 4 nitrogen and oxygen atoms in total. The second-order valence-electron chi connectivity index (χ2n) is 5.73. The van der Waals surface area contributed by atoms with Gasteiger partial charge in [0.2, 0.25) is 10.0 Å². The molecule has 0 aliphatic carbocycles. The zero-order chi connectivity index (χ0) is 17.2. The maximum Gasteiger partial charge on any atom is 0.218 e. The van der Waals surface area contributed by atoms with E-state index in [1.54, 1.807) is 36.4 Å². The van der Waals surface area contributed by atoms with Gasteiger partial charge >= 0.3 is 0 Å². The van der Waals surface area contributed by atoms with Crippen molar-refractivity contribution in [1.29, 1.82) is 0 Å². The lowest BCUT2D eigenvalue weighted by Gasteiger charge is -2.35. The molecule has 1 heterocycles. The van der Waals surface area contributed by atoms with Crippen molar-refractivity contribution < 1.29 is 12.8 Å². The highest BCUT2D eigenvalue weighted by atomic mass is 35.5. The van der Waals surface area contributed by atoms with Gasteiger partial charge in [-0.2, -0.15) is 4.31 Å². The number of halogens is 3. The summed E-state index contributed by atoms with van der Waals surface area (Å²) in [6, 6.07) is 12.6. The molecule has 0 radical (unpaired) electrons. The van der Waals surface area contributed by atoms with E-state index in [1.165, 1.54) is 16.4 Å². The second kappa shape index (κ2) is 8.47. The first-order chi connectivity index (χ1) is 11.5. The lowest BCUT2D eigenvalue weighted by molar-refractivity contribution is 0.270. The molecule has 25 heavy (non-hydrogen) atoms. The highest BCUT2D eigenvalue weighted by Crippen LogP contribution is 2.28. The smallest absolute Gasteiger partial charge is 0.218 e. The number of benzene rings is 2. The van der Waals surface area contributed by atoms with Crippen molar-refractivity contribution in [3.05, 3.63) is 70.5 Å². The van der Waals surface area contributed by atoms with Crippen LogP contribution in [0.1, 0.15) is 17.2 Å². The van der Waals surface area contributed by atoms with Gasteiger partial charge in [0.25, 0.3) is 0 Å². The van der Waals surface area contributed by atoms with E-state index in [9.17, 15) is 12.8 Å². The van der Waals surface area contributed by atoms with Gasteiger partial charge in [-0.05, 0) is 29.3 Å². The van der Waals surface area contributed by atoms with Crippen LogP contribution in [0.25, 0.3) is 0 Å². The average Bonchev–Trinajstić information content (AvgIpc) is 2.57. The summed E-state index contributed by atoms with van der Waals surface area (Å²) < 4.78 is 40.8. The molecule has 1 atom stereocenters. The van der Waals surface area contributed by atoms with Gasteiger partial charge in [0, 0.05) is 24.7 Å². The van der Waals surface area contributed by atoms with Crippen LogP contribution in [0.2, 0.25) is 5.02 Å². The van der Waals surface area contributed by atoms with Crippen molar-refractivity contribution in [3.63, 3.8) is 0 Å². The first-order valence-electron chi connectivity index (χ1n) is 7.66. The summed E-state index contributed by atoms with van der Waals surface area (Å²) >= 11 is 6.10. The van der Waals surface area contributed by atoms with E-state index in [4.69, 9.17) is 11.6 Å². The molecule has 1 unspecified atom stereocenters. The predicted molar refractivity (Wildman–Crippen MR) is 100 cm³/mol. The van der Waals surface area contributed by atoms with Crippen molar-refractivity contribution in [1.82, 2.24) is 9.62 Å². The Labute approximate surface area is 158 Å². The van der Waals surface area contributed by atoms with Crippen LogP contribution in [0.15, 0.2) is 48.5 Å². The van der Waals surface area contributed by atoms with Gasteiger partial charge in [0.1, 0.15) is 5.82 Å². The van der Waals surface area contributed by atoms with Crippen LogP contribution in [-0.4, -0.2) is 32.4 Å². The van der Waals surface area contributed by atoms with Crippen molar-refractivity contribution in [2.45, 2.75) is 11.8 Å². The molecule has 8 heteroatoms. The van der Waals surface area contributed by atoms with Crippen molar-refractivity contribution in [2.24, 2.45) is 0 Å². The van der Waals surface area contributed by atoms with E-state index >= 15 is 0 Å². The lowest BCUT2D eigenvalue weighted by atomic mass is 10.1. The lowest BCUT2D eigenvalue weighted by Crippen LogP contribution is -2.49. The monoisotopic (exact) mass is 404 g/mol. The zero-order valence-electron chi connectivity index (χ0n) is 13.4. The summed E-state index contributed by atoms with van der Waals surface area (Å²) in [6.07, 6.45) is 0. The Morgan fingerprint density at radius 2 is 1.96 bits per heavy atom. The molecule has 2 aromatic carbocycles. The molecule has 1 fully saturated rings. The molecule has 0 aromatic heterocycles. The fraction of sp³-hybridized carbons (Fsp3) is 0.294. The van der Waals surface area contributed by atoms with E-state index < -0.39 is 16.1 Å². The van der Waals surface area contributed by atoms with Crippen LogP contribution in [0.4, 0.5) is 4.39 Å². The van der Waals surface area contributed by atoms with Crippen LogP contribution in [-0.2, 0) is 15.8 Å². The Hall–Kier alpha value is -1.18. The second-order valence-corrected chi connectivity index (χ2v) is 8.06. The van der Waals surface area contributed by atoms with Crippen molar-refractivity contribution in [3.8, 4) is 0 Å². The number of nitrogens with one attached hydrogen (secondary N) is 1. The molecule has 1 aliphatic heterocycles. The third-order valence-corrected chi connectivity index (χ3v) is 6.28. The summed E-state index contributed by atoms with van der Waals surface area (Å²) in [7, 11) is -3.58. The highest BCUT2D eigenvalue weighted by Gasteiger charge is 2.33. The van der Waals surface area contributed by atoms with Gasteiger partial charge in [-0.25, -0.2) is 12.8 Å². The third kappa shape index (κ3) is 4.71. The first kappa shape index (κ1) is 20.1. The van der Waals surface area contributed by atoms with Gasteiger partial charge in [-0.3, -0.25) is 0 Å². The summed E-state index contributed by atoms with van der Waals surface area (Å²) in [4.78, 5) is 0. The molecule has 1 aliphatic rings. The van der Waals surface area contributed by atoms with Crippen molar-refractivity contribution in [2.75, 3.05) is 19.6 Å². The minimum Gasteiger partial charge on any atom is -0.313 e. The summed E-state index contributed by atoms with van der Waals surface area (Å²) in [6.45, 7) is 1.35. The minimum atomic E-state index is -3.58. The molecule has 2 aromatic rings. The highest BCUT2D eigenvalue weighted by molar-refractivity contribution is 7.88. The fourth-order valence-electron chi connectivity index (χ4n) is 2.91. The van der Waals surface area contributed by atoms with E-state index in [2.05, 4.69) is 5.32 Å². The van der Waals surface area contributed by atoms with E-state index in [-0.39, 0.29) is 24.0 Å². The molecule has 0 spiro atoms. The predicted octanol–water partition coefficient (Wildman–Crippen LogP) is 3.38. The zero-order valence-corrected chi connectivity index (χ0v) is 15.7. The van der Waals surface area contributed by atoms with Crippen LogP contribution < -0.4 is 5.32 Å². The number of piperazine rings is 1. The SMILES string of the molecule is Cl.O=S(=O)(Cc1ccccc1Cl)N1CCNCC1c1cccc(F)c1. The van der Waals surface area contributed by atoms with Gasteiger partial charge in [0.05, 0.1) is 11.8 Å². The molecule has 3 rings (SSSR count). The standard InChI is InChI=1S/C17H18ClFN2O2S.ClH/c18-16-7-2-1-4-14(16)12-24(22,23)21-9-8-20-11-17(21)13-5-3-6-15(19)10-13;/h1-7,10,17,20H,8-9,11-12H2;1H. The number of hydrogen-bond donors (Lipinski definition) is 1. The third-order valence-electron chi connectivity index (χ3n) is 4.08. The molecule has 0 bridgehead atoms. The quantitative estimate of drug-likeness (QED) is 0.849. The Bertz CT molecular complexity index is 833. The fourth-order valence-corrected chi connectivity index (χ4v) is 4.96. The van der Waals surface area contributed by atoms with Crippen LogP contribution >= 0.6 is 24.0 Å².